The number of carbonyl (C=O) groups is 1. The lowest BCUT2D eigenvalue weighted by atomic mass is 10.2. The van der Waals surface area contributed by atoms with Gasteiger partial charge < -0.3 is 0 Å². The molecule has 28 heavy (non-hydrogen) atoms. The van der Waals surface area contributed by atoms with Crippen LogP contribution in [0.5, 0.6) is 0 Å². The van der Waals surface area contributed by atoms with Crippen LogP contribution in [0, 0.1) is 0 Å². The van der Waals surface area contributed by atoms with Gasteiger partial charge in [0, 0.05) is 12.6 Å². The summed E-state index contributed by atoms with van der Waals surface area (Å²) in [6.45, 7) is 0. The number of aromatic nitrogens is 2. The third kappa shape index (κ3) is 4.15. The van der Waals surface area contributed by atoms with E-state index in [2.05, 4.69) is 15.5 Å². The van der Waals surface area contributed by atoms with E-state index in [9.17, 15) is 22.0 Å². The molecule has 0 aliphatic heterocycles. The van der Waals surface area contributed by atoms with Crippen molar-refractivity contribution in [1.82, 2.24) is 10.2 Å². The SMILES string of the molecule is CN(c1ccccc1)S(=O)(=O)c1cccc(C(=O)Nc2nnc(C(F)F)s2)c1. The van der Waals surface area contributed by atoms with Crippen LogP contribution in [0.2, 0.25) is 0 Å². The molecule has 0 radical (unpaired) electrons. The molecular formula is C17H14F2N4O3S2. The summed E-state index contributed by atoms with van der Waals surface area (Å²) in [5, 5.41) is 8.47. The van der Waals surface area contributed by atoms with Crippen molar-refractivity contribution in [3.05, 3.63) is 65.2 Å². The van der Waals surface area contributed by atoms with Gasteiger partial charge in [-0.25, -0.2) is 17.2 Å². The van der Waals surface area contributed by atoms with Crippen LogP contribution in [0.1, 0.15) is 21.8 Å². The van der Waals surface area contributed by atoms with Gasteiger partial charge >= 0.3 is 0 Å². The van der Waals surface area contributed by atoms with Crippen LogP contribution in [-0.4, -0.2) is 31.6 Å². The Balaban J connectivity index is 1.83. The van der Waals surface area contributed by atoms with Gasteiger partial charge in [0.1, 0.15) is 0 Å². The lowest BCUT2D eigenvalue weighted by molar-refractivity contribution is 0.102. The number of halogens is 2. The number of alkyl halides is 2. The van der Waals surface area contributed by atoms with Gasteiger partial charge in [0.2, 0.25) is 5.13 Å². The summed E-state index contributed by atoms with van der Waals surface area (Å²) in [5.41, 5.74) is 0.502. The van der Waals surface area contributed by atoms with Crippen molar-refractivity contribution in [2.75, 3.05) is 16.7 Å². The molecule has 1 heterocycles. The topological polar surface area (TPSA) is 92.3 Å². The number of para-hydroxylation sites is 1. The highest BCUT2D eigenvalue weighted by molar-refractivity contribution is 7.92. The molecule has 0 fully saturated rings. The van der Waals surface area contributed by atoms with Gasteiger partial charge in [-0.15, -0.1) is 10.2 Å². The predicted octanol–water partition coefficient (Wildman–Crippen LogP) is 3.55. The van der Waals surface area contributed by atoms with E-state index in [0.717, 1.165) is 4.31 Å². The Bertz CT molecular complexity index is 1090. The maximum absolute atomic E-state index is 12.8. The summed E-state index contributed by atoms with van der Waals surface area (Å²) in [6, 6.07) is 13.9. The number of benzene rings is 2. The zero-order chi connectivity index (χ0) is 20.3. The summed E-state index contributed by atoms with van der Waals surface area (Å²) in [5.74, 6) is -0.684. The molecule has 0 aliphatic rings. The van der Waals surface area contributed by atoms with Gasteiger partial charge in [0.15, 0.2) is 5.01 Å². The lowest BCUT2D eigenvalue weighted by Gasteiger charge is -2.19. The van der Waals surface area contributed by atoms with E-state index >= 15 is 0 Å². The second kappa shape index (κ2) is 7.98. The van der Waals surface area contributed by atoms with E-state index in [1.165, 1.54) is 31.3 Å². The number of sulfonamides is 1. The van der Waals surface area contributed by atoms with Gasteiger partial charge in [0.25, 0.3) is 22.4 Å². The van der Waals surface area contributed by atoms with Crippen LogP contribution in [0.4, 0.5) is 19.6 Å². The number of nitrogens with one attached hydrogen (secondary N) is 1. The Morgan fingerprint density at radius 2 is 1.82 bits per heavy atom. The molecule has 0 aliphatic carbocycles. The van der Waals surface area contributed by atoms with Crippen LogP contribution in [0.15, 0.2) is 59.5 Å². The largest absolute Gasteiger partial charge is 0.296 e. The smallest absolute Gasteiger partial charge is 0.291 e. The first kappa shape index (κ1) is 19.8. The lowest BCUT2D eigenvalue weighted by Crippen LogP contribution is -2.26. The van der Waals surface area contributed by atoms with E-state index in [1.54, 1.807) is 30.3 Å². The Morgan fingerprint density at radius 1 is 1.11 bits per heavy atom. The minimum absolute atomic E-state index is 0.0383. The first-order valence-electron chi connectivity index (χ1n) is 7.86. The fourth-order valence-electron chi connectivity index (χ4n) is 2.28. The normalized spacial score (nSPS) is 11.4. The van der Waals surface area contributed by atoms with Gasteiger partial charge in [-0.05, 0) is 30.3 Å². The van der Waals surface area contributed by atoms with Crippen molar-refractivity contribution in [2.45, 2.75) is 11.3 Å². The summed E-state index contributed by atoms with van der Waals surface area (Å²) < 4.78 is 51.9. The molecule has 146 valence electrons. The fraction of sp³-hybridized carbons (Fsp3) is 0.118. The van der Waals surface area contributed by atoms with Crippen molar-refractivity contribution in [3.63, 3.8) is 0 Å². The zero-order valence-corrected chi connectivity index (χ0v) is 16.0. The summed E-state index contributed by atoms with van der Waals surface area (Å²) >= 11 is 0.545. The maximum Gasteiger partial charge on any atom is 0.291 e. The van der Waals surface area contributed by atoms with Gasteiger partial charge in [-0.1, -0.05) is 35.6 Å². The average Bonchev–Trinajstić information content (AvgIpc) is 3.17. The number of hydrogen-bond donors (Lipinski definition) is 1. The summed E-state index contributed by atoms with van der Waals surface area (Å²) in [4.78, 5) is 12.3. The third-order valence-corrected chi connectivity index (χ3v) is 6.35. The number of nitrogens with zero attached hydrogens (tertiary/aromatic N) is 3. The molecule has 11 heteroatoms. The van der Waals surface area contributed by atoms with Crippen molar-refractivity contribution in [2.24, 2.45) is 0 Å². The standard InChI is InChI=1S/C17H14F2N4O3S2/c1-23(12-7-3-2-4-8-12)28(25,26)13-9-5-6-11(10-13)15(24)20-17-22-21-16(27-17)14(18)19/h2-10,14H,1H3,(H,20,22,24). The molecule has 1 aromatic heterocycles. The molecule has 0 unspecified atom stereocenters. The van der Waals surface area contributed by atoms with Gasteiger partial charge in [-0.3, -0.25) is 14.4 Å². The first-order chi connectivity index (χ1) is 13.3. The molecule has 3 aromatic rings. The minimum atomic E-state index is -3.90. The molecule has 2 aromatic carbocycles. The highest BCUT2D eigenvalue weighted by Crippen LogP contribution is 2.26. The Kier molecular flexibility index (Phi) is 5.66. The van der Waals surface area contributed by atoms with Gasteiger partial charge in [0.05, 0.1) is 10.6 Å². The molecule has 7 nitrogen and oxygen atoms in total. The third-order valence-electron chi connectivity index (χ3n) is 3.72. The van der Waals surface area contributed by atoms with Crippen LogP contribution < -0.4 is 9.62 Å². The molecule has 0 saturated heterocycles. The summed E-state index contributed by atoms with van der Waals surface area (Å²) in [6.07, 6.45) is -2.79. The molecule has 1 amide bonds. The predicted molar refractivity (Wildman–Crippen MR) is 101 cm³/mol. The molecule has 0 atom stereocenters. The number of amides is 1. The van der Waals surface area contributed by atoms with Crippen LogP contribution in [0.25, 0.3) is 0 Å². The van der Waals surface area contributed by atoms with E-state index in [0.29, 0.717) is 17.0 Å². The number of carbonyl (C=O) groups excluding carboxylic acids is 1. The maximum atomic E-state index is 12.8. The van der Waals surface area contributed by atoms with Crippen molar-refractivity contribution in [3.8, 4) is 0 Å². The molecule has 3 rings (SSSR count). The van der Waals surface area contributed by atoms with Gasteiger partial charge in [-0.2, -0.15) is 0 Å². The van der Waals surface area contributed by atoms with Crippen LogP contribution in [0.3, 0.4) is 0 Å². The quantitative estimate of drug-likeness (QED) is 0.653. The average molecular weight is 424 g/mol. The van der Waals surface area contributed by atoms with Crippen molar-refractivity contribution in [1.29, 1.82) is 0 Å². The zero-order valence-electron chi connectivity index (χ0n) is 14.4. The van der Waals surface area contributed by atoms with E-state index in [-0.39, 0.29) is 15.6 Å². The number of hydrogen-bond acceptors (Lipinski definition) is 6. The number of rotatable bonds is 6. The second-order valence-corrected chi connectivity index (χ2v) is 8.51. The second-order valence-electron chi connectivity index (χ2n) is 5.54. The minimum Gasteiger partial charge on any atom is -0.296 e. The first-order valence-corrected chi connectivity index (χ1v) is 10.1. The molecular weight excluding hydrogens is 410 g/mol. The van der Waals surface area contributed by atoms with E-state index in [4.69, 9.17) is 0 Å². The van der Waals surface area contributed by atoms with E-state index < -0.39 is 27.4 Å². The molecule has 0 spiro atoms. The highest BCUT2D eigenvalue weighted by atomic mass is 32.2. The monoisotopic (exact) mass is 424 g/mol. The Morgan fingerprint density at radius 3 is 2.46 bits per heavy atom. The number of anilines is 2. The molecule has 0 saturated carbocycles. The Hall–Kier alpha value is -2.92. The van der Waals surface area contributed by atoms with Crippen molar-refractivity contribution < 1.29 is 22.0 Å². The van der Waals surface area contributed by atoms with Crippen molar-refractivity contribution >= 4 is 38.1 Å². The molecule has 0 bridgehead atoms. The fourth-order valence-corrected chi connectivity index (χ4v) is 4.11. The Labute approximate surface area is 163 Å². The highest BCUT2D eigenvalue weighted by Gasteiger charge is 2.23. The van der Waals surface area contributed by atoms with E-state index in [1.807, 2.05) is 0 Å². The van der Waals surface area contributed by atoms with Crippen LogP contribution >= 0.6 is 11.3 Å². The molecule has 1 N–H and O–H groups in total. The van der Waals surface area contributed by atoms with Crippen LogP contribution in [-0.2, 0) is 10.0 Å². The summed E-state index contributed by atoms with van der Waals surface area (Å²) in [7, 11) is -2.49.